The normalized spacial score (nSPS) is 12.6. The average molecular weight is 574 g/mol. The van der Waals surface area contributed by atoms with Crippen LogP contribution in [-0.2, 0) is 28.7 Å². The van der Waals surface area contributed by atoms with Crippen molar-refractivity contribution in [1.29, 1.82) is 0 Å². The van der Waals surface area contributed by atoms with E-state index in [1.807, 2.05) is 12.2 Å². The van der Waals surface area contributed by atoms with Crippen LogP contribution in [-0.4, -0.2) is 4.11 Å². The summed E-state index contributed by atoms with van der Waals surface area (Å²) in [5, 5.41) is 5.49. The average Bonchev–Trinajstić information content (AvgIpc) is 3.64. The van der Waals surface area contributed by atoms with Gasteiger partial charge in [0.2, 0.25) is 0 Å². The Kier molecular flexibility index (Phi) is 9.60. The molecule has 6 rings (SSSR count). The monoisotopic (exact) mass is 572 g/mol. The summed E-state index contributed by atoms with van der Waals surface area (Å²) >= 11 is 1.19. The maximum absolute atomic E-state index is 2.99. The Balaban J connectivity index is 0.000000166. The van der Waals surface area contributed by atoms with Gasteiger partial charge < -0.3 is 0 Å². The summed E-state index contributed by atoms with van der Waals surface area (Å²) in [5.41, 5.74) is 5.89. The predicted octanol–water partition coefficient (Wildman–Crippen LogP) is 10.4. The fourth-order valence-corrected chi connectivity index (χ4v) is 5.71. The fourth-order valence-electron chi connectivity index (χ4n) is 4.72. The van der Waals surface area contributed by atoms with Gasteiger partial charge in [0.15, 0.2) is 0 Å². The Bertz CT molecular complexity index is 1500. The third kappa shape index (κ3) is 7.68. The molecule has 0 radical (unpaired) electrons. The summed E-state index contributed by atoms with van der Waals surface area (Å²) in [5.74, 6) is 0. The number of hydrogen-bond acceptors (Lipinski definition) is 0. The van der Waals surface area contributed by atoms with Gasteiger partial charge >= 0.3 is 93.7 Å². The van der Waals surface area contributed by atoms with Gasteiger partial charge in [-0.3, -0.25) is 6.08 Å². The van der Waals surface area contributed by atoms with E-state index in [1.165, 1.54) is 65.8 Å². The molecule has 0 fully saturated rings. The molecule has 0 amide bonds. The molecule has 0 atom stereocenters. The Morgan fingerprint density at radius 2 is 1.10 bits per heavy atom. The molecule has 0 heterocycles. The third-order valence-electron chi connectivity index (χ3n) is 7.27. The molecule has 0 aliphatic heterocycles. The molecular formula is C39H40Zn-2. The number of benzene rings is 4. The Morgan fingerprint density at radius 3 is 1.43 bits per heavy atom. The van der Waals surface area contributed by atoms with Crippen LogP contribution >= 0.6 is 0 Å². The molecule has 0 saturated heterocycles. The summed E-state index contributed by atoms with van der Waals surface area (Å²) in [6.45, 7) is 13.7. The minimum absolute atomic E-state index is 0.194. The second-order valence-electron chi connectivity index (χ2n) is 12.5. The van der Waals surface area contributed by atoms with E-state index in [4.69, 9.17) is 0 Å². The van der Waals surface area contributed by atoms with Gasteiger partial charge in [0.05, 0.1) is 0 Å². The Hall–Kier alpha value is -3.28. The van der Waals surface area contributed by atoms with Gasteiger partial charge in [0, 0.05) is 0 Å². The molecule has 0 spiro atoms. The van der Waals surface area contributed by atoms with Crippen LogP contribution in [0.15, 0.2) is 121 Å². The van der Waals surface area contributed by atoms with E-state index >= 15 is 0 Å². The molecule has 40 heavy (non-hydrogen) atoms. The molecule has 0 bridgehead atoms. The molecule has 5 aromatic carbocycles. The molecule has 0 nitrogen and oxygen atoms in total. The Morgan fingerprint density at radius 1 is 0.650 bits per heavy atom. The van der Waals surface area contributed by atoms with Crippen molar-refractivity contribution in [2.45, 2.75) is 58.8 Å². The van der Waals surface area contributed by atoms with E-state index in [0.717, 1.165) is 6.42 Å². The van der Waals surface area contributed by atoms with Crippen molar-refractivity contribution in [3.63, 3.8) is 0 Å². The number of rotatable bonds is 2. The fraction of sp³-hybridized carbons (Fsp3) is 0.231. The molecule has 0 unspecified atom stereocenters. The van der Waals surface area contributed by atoms with E-state index in [1.54, 1.807) is 0 Å². The zero-order valence-electron chi connectivity index (χ0n) is 25.0. The number of fused-ring (bicyclic) bond motifs is 3. The first-order valence-electron chi connectivity index (χ1n) is 14.2. The van der Waals surface area contributed by atoms with E-state index < -0.39 is 0 Å². The van der Waals surface area contributed by atoms with Crippen LogP contribution in [0.25, 0.3) is 21.5 Å². The predicted molar refractivity (Wildman–Crippen MR) is 172 cm³/mol. The van der Waals surface area contributed by atoms with E-state index in [2.05, 4.69) is 157 Å². The minimum atomic E-state index is 0.194. The first-order chi connectivity index (χ1) is 19.0. The van der Waals surface area contributed by atoms with Crippen molar-refractivity contribution >= 4 is 25.7 Å². The van der Waals surface area contributed by atoms with Gasteiger partial charge in [-0.2, -0.15) is 6.08 Å². The van der Waals surface area contributed by atoms with Gasteiger partial charge in [0.1, 0.15) is 0 Å². The molecule has 0 N–H and O–H groups in total. The summed E-state index contributed by atoms with van der Waals surface area (Å²) in [4.78, 5) is 0. The SMILES string of the molecule is CC(C)(C)c1ccc2[cH-]c3ccc(C(C)(C)C)cc3c2c1.[C-]1=CC=CC1.[Zn]=[C](c1ccccc1)c1ccccc1. The van der Waals surface area contributed by atoms with Gasteiger partial charge in [-0.25, -0.2) is 12.2 Å². The molecule has 1 aliphatic rings. The molecular weight excluding hydrogens is 534 g/mol. The second kappa shape index (κ2) is 12.9. The zero-order valence-corrected chi connectivity index (χ0v) is 27.9. The molecule has 200 valence electrons. The quantitative estimate of drug-likeness (QED) is 0.145. The van der Waals surface area contributed by atoms with Crippen molar-refractivity contribution in [3.8, 4) is 0 Å². The van der Waals surface area contributed by atoms with Crippen molar-refractivity contribution in [2.75, 3.05) is 0 Å². The van der Waals surface area contributed by atoms with Crippen molar-refractivity contribution < 1.29 is 17.9 Å². The first kappa shape index (κ1) is 29.7. The zero-order chi connectivity index (χ0) is 28.8. The maximum atomic E-state index is 2.99. The summed E-state index contributed by atoms with van der Waals surface area (Å²) < 4.78 is 1.45. The third-order valence-corrected chi connectivity index (χ3v) is 8.98. The van der Waals surface area contributed by atoms with Crippen LogP contribution in [0.4, 0.5) is 0 Å². The van der Waals surface area contributed by atoms with Gasteiger partial charge in [-0.1, -0.05) is 76.9 Å². The van der Waals surface area contributed by atoms with E-state index in [-0.39, 0.29) is 10.8 Å². The van der Waals surface area contributed by atoms with Gasteiger partial charge in [-0.05, 0) is 10.8 Å². The molecule has 0 aromatic heterocycles. The summed E-state index contributed by atoms with van der Waals surface area (Å²) in [6, 6.07) is 37.3. The van der Waals surface area contributed by atoms with Crippen LogP contribution < -0.4 is 0 Å². The number of allylic oxidation sites excluding steroid dienone is 4. The molecule has 1 aliphatic carbocycles. The van der Waals surface area contributed by atoms with Crippen LogP contribution in [0.5, 0.6) is 0 Å². The van der Waals surface area contributed by atoms with Crippen LogP contribution in [0.1, 0.15) is 70.2 Å². The topological polar surface area (TPSA) is 0 Å². The van der Waals surface area contributed by atoms with E-state index in [9.17, 15) is 0 Å². The summed E-state index contributed by atoms with van der Waals surface area (Å²) in [6.07, 6.45) is 10.0. The molecule has 0 saturated carbocycles. The van der Waals surface area contributed by atoms with Crippen LogP contribution in [0.2, 0.25) is 0 Å². The van der Waals surface area contributed by atoms with Crippen molar-refractivity contribution in [2.24, 2.45) is 0 Å². The van der Waals surface area contributed by atoms with Crippen molar-refractivity contribution in [1.82, 2.24) is 0 Å². The van der Waals surface area contributed by atoms with E-state index in [0.29, 0.717) is 0 Å². The summed E-state index contributed by atoms with van der Waals surface area (Å²) in [7, 11) is 0. The van der Waals surface area contributed by atoms with Crippen LogP contribution in [0.3, 0.4) is 0 Å². The van der Waals surface area contributed by atoms with Gasteiger partial charge in [-0.15, -0.1) is 46.2 Å². The Labute approximate surface area is 251 Å². The first-order valence-corrected chi connectivity index (χ1v) is 15.7. The number of hydrogen-bond donors (Lipinski definition) is 0. The van der Waals surface area contributed by atoms with Crippen molar-refractivity contribution in [3.05, 3.63) is 150 Å². The second-order valence-corrected chi connectivity index (χ2v) is 13.9. The molecule has 1 heteroatoms. The van der Waals surface area contributed by atoms with Gasteiger partial charge in [0.25, 0.3) is 0 Å². The molecule has 5 aromatic rings. The van der Waals surface area contributed by atoms with Crippen LogP contribution in [0, 0.1) is 6.08 Å². The standard InChI is InChI=1S/C21H25.C13H10.C5H5.Zn/c1-20(2,3)16-9-7-14-11-15-8-10-17(21(4,5)6)13-19(15)18(14)12-16;1-3-7-12(8-4-1)11-13-9-5-2-6-10-13;1-2-4-5-3-1;/h7-13H,1-6H3;1-10H;1-3H,4H2;/q-1;;-1;.